The number of carbonyl (C=O) groups excluding carboxylic acids is 2. The molecule has 2 aromatic carbocycles. The maximum Gasteiger partial charge on any atom is 0.312 e. The molecular formula is C67H82N2O10. The van der Waals surface area contributed by atoms with Gasteiger partial charge in [-0.1, -0.05) is 102 Å². The summed E-state index contributed by atoms with van der Waals surface area (Å²) < 4.78 is 26.0. The van der Waals surface area contributed by atoms with Crippen LogP contribution in [0.4, 0.5) is 0 Å². The summed E-state index contributed by atoms with van der Waals surface area (Å²) in [6.07, 6.45) is 16.2. The molecule has 2 saturated heterocycles. The number of fused-ring (bicyclic) bond motifs is 2. The minimum Gasteiger partial charge on any atom is -0.494 e. The van der Waals surface area contributed by atoms with E-state index in [9.17, 15) is 30.0 Å². The van der Waals surface area contributed by atoms with Gasteiger partial charge < -0.3 is 39.4 Å². The van der Waals surface area contributed by atoms with E-state index in [4.69, 9.17) is 18.9 Å². The van der Waals surface area contributed by atoms with Crippen LogP contribution in [-0.2, 0) is 45.8 Å². The van der Waals surface area contributed by atoms with Crippen LogP contribution in [0.1, 0.15) is 178 Å². The summed E-state index contributed by atoms with van der Waals surface area (Å²) in [5.74, 6) is 1.40. The number of nitrogens with zero attached hydrogens (tertiary/aromatic N) is 2. The maximum absolute atomic E-state index is 14.0. The van der Waals surface area contributed by atoms with Gasteiger partial charge in [0, 0.05) is 44.9 Å². The standard InChI is InChI=1S/C67H82N2O10/c1-36(2)46-30-66-25-19-48-62(5,21-9-23-64(48,7)60(74)78-34-42-32-76-42)50(66)28-44(46)52-54(66)58(72)68(56(52)70)40-15-11-38(12-16-40)27-39-13-17-41(18-14-39)69-57(71)53-45-29-51-63(6)22-10-24-65(8,61(75)79-35-43-33-77-43)49(63)20-26-67(51,55(53)59(69)73)31-47(45)37(3)4/h11-18,30-31,36-37,42-45,48-51,70-73H,9-10,19-29,32-35H2,1-8H3. The average molecular weight is 1080 g/mol. The molecule has 0 radical (unpaired) electrons. The number of hydrogen-bond acceptors (Lipinski definition) is 10. The Bertz CT molecular complexity index is 3030. The molecule has 10 aliphatic carbocycles. The summed E-state index contributed by atoms with van der Waals surface area (Å²) >= 11 is 0. The number of epoxide rings is 2. The number of ether oxygens (including phenoxy) is 4. The number of allylic oxidation sites excluding steroid dienone is 4. The number of esters is 2. The van der Waals surface area contributed by atoms with E-state index in [0.29, 0.717) is 44.2 Å². The second-order valence-corrected chi connectivity index (χ2v) is 28.3. The van der Waals surface area contributed by atoms with Gasteiger partial charge in [0.2, 0.25) is 23.5 Å². The van der Waals surface area contributed by atoms with E-state index in [0.717, 1.165) is 110 Å². The third-order valence-corrected chi connectivity index (χ3v) is 23.7. The van der Waals surface area contributed by atoms with Crippen molar-refractivity contribution in [2.75, 3.05) is 26.4 Å². The predicted molar refractivity (Wildman–Crippen MR) is 299 cm³/mol. The van der Waals surface area contributed by atoms with Crippen molar-refractivity contribution in [1.29, 1.82) is 0 Å². The smallest absolute Gasteiger partial charge is 0.312 e. The lowest BCUT2D eigenvalue weighted by Gasteiger charge is -2.66. The van der Waals surface area contributed by atoms with Crippen LogP contribution in [0.25, 0.3) is 11.4 Å². The van der Waals surface area contributed by atoms with Crippen molar-refractivity contribution in [3.05, 3.63) is 105 Å². The molecule has 4 aromatic rings. The molecule has 0 amide bonds. The van der Waals surface area contributed by atoms with Crippen molar-refractivity contribution in [1.82, 2.24) is 9.13 Å². The summed E-state index contributed by atoms with van der Waals surface area (Å²) in [7, 11) is 0. The van der Waals surface area contributed by atoms with Crippen LogP contribution in [-0.4, -0.2) is 80.1 Å². The van der Waals surface area contributed by atoms with Crippen LogP contribution in [0.5, 0.6) is 23.5 Å². The fraction of sp³-hybridized carbons (Fsp3) is 0.612. The molecule has 4 heterocycles. The highest BCUT2D eigenvalue weighted by molar-refractivity contribution is 5.78. The predicted octanol–water partition coefficient (Wildman–Crippen LogP) is 12.7. The first-order valence-corrected chi connectivity index (χ1v) is 30.2. The zero-order valence-corrected chi connectivity index (χ0v) is 47.7. The van der Waals surface area contributed by atoms with E-state index in [1.54, 1.807) is 9.13 Å². The zero-order chi connectivity index (χ0) is 55.1. The topological polar surface area (TPSA) is 168 Å². The van der Waals surface area contributed by atoms with Gasteiger partial charge in [-0.15, -0.1) is 0 Å². The Hall–Kier alpha value is -5.46. The van der Waals surface area contributed by atoms with Crippen LogP contribution < -0.4 is 0 Å². The van der Waals surface area contributed by atoms with Crippen LogP contribution in [0.2, 0.25) is 0 Å². The van der Waals surface area contributed by atoms with Crippen molar-refractivity contribution in [2.24, 2.45) is 57.2 Å². The molecule has 12 nitrogen and oxygen atoms in total. The van der Waals surface area contributed by atoms with Crippen LogP contribution in [0, 0.1) is 57.2 Å². The molecule has 6 fully saturated rings. The van der Waals surface area contributed by atoms with Gasteiger partial charge in [-0.3, -0.25) is 18.7 Å². The number of rotatable bonds is 12. The fourth-order valence-corrected chi connectivity index (χ4v) is 20.0. The highest BCUT2D eigenvalue weighted by Crippen LogP contribution is 2.76. The summed E-state index contributed by atoms with van der Waals surface area (Å²) in [6.45, 7) is 20.0. The monoisotopic (exact) mass is 1070 g/mol. The van der Waals surface area contributed by atoms with Gasteiger partial charge in [0.1, 0.15) is 25.4 Å². The second-order valence-electron chi connectivity index (χ2n) is 28.3. The van der Waals surface area contributed by atoms with Crippen molar-refractivity contribution in [3.8, 4) is 34.9 Å². The van der Waals surface area contributed by atoms with E-state index in [-0.39, 0.29) is 106 Å². The van der Waals surface area contributed by atoms with Gasteiger partial charge in [0.25, 0.3) is 0 Å². The summed E-state index contributed by atoms with van der Waals surface area (Å²) in [5.41, 5.74) is 7.22. The Morgan fingerprint density at radius 3 is 1.29 bits per heavy atom. The quantitative estimate of drug-likeness (QED) is 0.0609. The molecule has 4 bridgehead atoms. The molecule has 2 aromatic heterocycles. The van der Waals surface area contributed by atoms with E-state index in [1.165, 1.54) is 11.1 Å². The Morgan fingerprint density at radius 2 is 0.937 bits per heavy atom. The molecule has 2 spiro atoms. The van der Waals surface area contributed by atoms with Crippen LogP contribution >= 0.6 is 0 Å². The minimum atomic E-state index is -0.591. The molecule has 12 aliphatic rings. The van der Waals surface area contributed by atoms with E-state index in [2.05, 4.69) is 91.8 Å². The first-order chi connectivity index (χ1) is 37.7. The largest absolute Gasteiger partial charge is 0.494 e. The Kier molecular flexibility index (Phi) is 11.5. The van der Waals surface area contributed by atoms with E-state index >= 15 is 0 Å². The summed E-state index contributed by atoms with van der Waals surface area (Å²) in [4.78, 5) is 28.0. The first kappa shape index (κ1) is 51.7. The number of hydrogen-bond donors (Lipinski definition) is 4. The molecule has 79 heavy (non-hydrogen) atoms. The highest BCUT2D eigenvalue weighted by Gasteiger charge is 2.70. The highest BCUT2D eigenvalue weighted by atomic mass is 16.6. The van der Waals surface area contributed by atoms with Gasteiger partial charge in [-0.2, -0.15) is 0 Å². The number of carbonyl (C=O) groups is 2. The normalized spacial score (nSPS) is 37.9. The zero-order valence-electron chi connectivity index (χ0n) is 47.7. The molecule has 420 valence electrons. The average Bonchev–Trinajstić information content (AvgIpc) is 3.02. The minimum absolute atomic E-state index is 0.0236. The second kappa shape index (κ2) is 17.5. The first-order valence-electron chi connectivity index (χ1n) is 30.2. The lowest BCUT2D eigenvalue weighted by molar-refractivity contribution is -0.178. The van der Waals surface area contributed by atoms with Crippen molar-refractivity contribution >= 4 is 11.9 Å². The van der Waals surface area contributed by atoms with Gasteiger partial charge in [0.05, 0.1) is 35.4 Å². The molecular weight excluding hydrogens is 993 g/mol. The molecule has 16 rings (SSSR count). The summed E-state index contributed by atoms with van der Waals surface area (Å²) in [6, 6.07) is 16.2. The Balaban J connectivity index is 0.730. The lowest BCUT2D eigenvalue weighted by atomic mass is 9.37. The number of aromatic nitrogens is 2. The third kappa shape index (κ3) is 7.16. The number of aromatic hydroxyl groups is 4. The van der Waals surface area contributed by atoms with E-state index < -0.39 is 21.7 Å². The molecule has 2 aliphatic heterocycles. The number of benzene rings is 2. The summed E-state index contributed by atoms with van der Waals surface area (Å²) in [5, 5.41) is 50.0. The third-order valence-electron chi connectivity index (χ3n) is 23.7. The molecule has 12 heteroatoms. The van der Waals surface area contributed by atoms with Crippen molar-refractivity contribution < 1.29 is 49.0 Å². The van der Waals surface area contributed by atoms with Crippen molar-refractivity contribution in [3.63, 3.8) is 0 Å². The van der Waals surface area contributed by atoms with Crippen molar-refractivity contribution in [2.45, 2.75) is 174 Å². The Labute approximate surface area is 465 Å². The maximum atomic E-state index is 14.0. The molecule has 4 saturated carbocycles. The molecule has 14 atom stereocenters. The van der Waals surface area contributed by atoms with Gasteiger partial charge in [0.15, 0.2) is 0 Å². The Morgan fingerprint density at radius 1 is 0.557 bits per heavy atom. The SMILES string of the molecule is CC(C)C1=CC23CCC4C(C)(C(=O)OCC5CO5)CCCC4(C)C2CC1c1c3c(O)n(-c2ccc(Cc3ccc(-n4c(O)c5c(c4O)C46C=C(C(C)C)C5CC4C4(C)CCCC(C)(C(=O)OCC5CO5)C4CC6)cc3)cc2)c1O. The molecule has 4 N–H and O–H groups in total. The fourth-order valence-electron chi connectivity index (χ4n) is 20.0. The van der Waals surface area contributed by atoms with Crippen LogP contribution in [0.15, 0.2) is 71.8 Å². The van der Waals surface area contributed by atoms with Gasteiger partial charge in [-0.05, 0) is 166 Å². The van der Waals surface area contributed by atoms with Gasteiger partial charge in [-0.25, -0.2) is 0 Å². The molecule has 14 unspecified atom stereocenters. The van der Waals surface area contributed by atoms with E-state index in [1.807, 2.05) is 24.3 Å². The van der Waals surface area contributed by atoms with Crippen LogP contribution in [0.3, 0.4) is 0 Å². The van der Waals surface area contributed by atoms with Gasteiger partial charge >= 0.3 is 11.9 Å². The lowest BCUT2D eigenvalue weighted by Crippen LogP contribution is -2.61.